The quantitative estimate of drug-likeness (QED) is 0.624. The molecule has 0 fully saturated rings. The lowest BCUT2D eigenvalue weighted by Crippen LogP contribution is -3.10. The Morgan fingerprint density at radius 2 is 1.58 bits per heavy atom. The fourth-order valence-electron chi connectivity index (χ4n) is 2.44. The lowest BCUT2D eigenvalue weighted by Gasteiger charge is -2.19. The van der Waals surface area contributed by atoms with Gasteiger partial charge in [-0.25, -0.2) is 4.79 Å². The molecule has 0 saturated heterocycles. The third kappa shape index (κ3) is 9.42. The molecule has 0 saturated carbocycles. The third-order valence-electron chi connectivity index (χ3n) is 3.99. The van der Waals surface area contributed by atoms with E-state index in [-0.39, 0.29) is 18.9 Å². The van der Waals surface area contributed by atoms with Crippen molar-refractivity contribution in [2.24, 2.45) is 0 Å². The molecule has 2 amide bonds. The average Bonchev–Trinajstić information content (AvgIpc) is 2.57. The summed E-state index contributed by atoms with van der Waals surface area (Å²) < 4.78 is 5.12. The van der Waals surface area contributed by atoms with Crippen LogP contribution in [0.4, 0.5) is 4.79 Å². The first kappa shape index (κ1) is 22.0. The Bertz CT molecular complexity index is 561. The zero-order valence-corrected chi connectivity index (χ0v) is 16.8. The Kier molecular flexibility index (Phi) is 9.13. The number of rotatable bonds is 9. The second kappa shape index (κ2) is 10.8. The molecule has 0 spiro atoms. The Morgan fingerprint density at radius 3 is 2.12 bits per heavy atom. The average molecular weight is 365 g/mol. The van der Waals surface area contributed by atoms with E-state index >= 15 is 0 Å². The summed E-state index contributed by atoms with van der Waals surface area (Å²) in [5.41, 5.74) is 1.84. The first-order valence-electron chi connectivity index (χ1n) is 9.38. The zero-order valence-electron chi connectivity index (χ0n) is 16.8. The maximum absolute atomic E-state index is 11.9. The highest BCUT2D eigenvalue weighted by Gasteiger charge is 2.15. The van der Waals surface area contributed by atoms with Gasteiger partial charge in [-0.05, 0) is 40.2 Å². The van der Waals surface area contributed by atoms with Gasteiger partial charge in [-0.1, -0.05) is 24.3 Å². The first-order valence-corrected chi connectivity index (χ1v) is 9.38. The maximum atomic E-state index is 11.9. The highest BCUT2D eigenvalue weighted by atomic mass is 16.6. The number of benzene rings is 1. The van der Waals surface area contributed by atoms with E-state index in [1.54, 1.807) is 25.7 Å². The Balaban J connectivity index is 2.29. The second-order valence-corrected chi connectivity index (χ2v) is 7.41. The summed E-state index contributed by atoms with van der Waals surface area (Å²) in [5.74, 6) is -0.0993. The van der Waals surface area contributed by atoms with Gasteiger partial charge < -0.3 is 20.3 Å². The molecule has 0 heterocycles. The van der Waals surface area contributed by atoms with Crippen LogP contribution in [0.3, 0.4) is 0 Å². The van der Waals surface area contributed by atoms with Crippen LogP contribution in [0.25, 0.3) is 0 Å². The molecular weight excluding hydrogens is 330 g/mol. The molecule has 1 aromatic carbocycles. The third-order valence-corrected chi connectivity index (χ3v) is 3.99. The summed E-state index contributed by atoms with van der Waals surface area (Å²) in [5, 5.41) is 5.45. The highest BCUT2D eigenvalue weighted by Crippen LogP contribution is 2.06. The van der Waals surface area contributed by atoms with E-state index < -0.39 is 11.7 Å². The Hall–Kier alpha value is -2.08. The van der Waals surface area contributed by atoms with E-state index in [1.165, 1.54) is 5.56 Å². The summed E-state index contributed by atoms with van der Waals surface area (Å²) in [6.45, 7) is 13.8. The van der Waals surface area contributed by atoms with Crippen molar-refractivity contribution in [1.82, 2.24) is 10.6 Å². The summed E-state index contributed by atoms with van der Waals surface area (Å²) in [4.78, 5) is 24.9. The van der Waals surface area contributed by atoms with Crippen LogP contribution in [0.15, 0.2) is 24.3 Å². The lowest BCUT2D eigenvalue weighted by molar-refractivity contribution is -0.910. The lowest BCUT2D eigenvalue weighted by atomic mass is 10.1. The van der Waals surface area contributed by atoms with Gasteiger partial charge in [0.2, 0.25) is 5.91 Å². The van der Waals surface area contributed by atoms with Crippen molar-refractivity contribution in [3.05, 3.63) is 35.4 Å². The number of quaternary nitrogens is 1. The van der Waals surface area contributed by atoms with Crippen molar-refractivity contribution in [3.8, 4) is 0 Å². The van der Waals surface area contributed by atoms with E-state index in [9.17, 15) is 9.59 Å². The van der Waals surface area contributed by atoms with Crippen molar-refractivity contribution in [2.45, 2.75) is 59.7 Å². The summed E-state index contributed by atoms with van der Waals surface area (Å²) >= 11 is 0. The molecule has 0 bridgehead atoms. The van der Waals surface area contributed by atoms with E-state index in [1.807, 2.05) is 0 Å². The standard InChI is InChI=1S/C20H33N3O3/c1-6-23(7-2)15-17-10-8-16(9-11-17)14-22-18(24)12-13-21-19(25)26-20(3,4)5/h8-11H,6-7,12-15H2,1-5H3,(H,21,25)(H,22,24)/p+1. The van der Waals surface area contributed by atoms with Crippen molar-refractivity contribution >= 4 is 12.0 Å². The number of carbonyl (C=O) groups is 2. The van der Waals surface area contributed by atoms with Crippen molar-refractivity contribution in [2.75, 3.05) is 19.6 Å². The maximum Gasteiger partial charge on any atom is 0.407 e. The van der Waals surface area contributed by atoms with E-state index in [2.05, 4.69) is 48.7 Å². The van der Waals surface area contributed by atoms with Crippen LogP contribution in [0.2, 0.25) is 0 Å². The number of nitrogens with one attached hydrogen (secondary N) is 3. The fraction of sp³-hybridized carbons (Fsp3) is 0.600. The topological polar surface area (TPSA) is 71.9 Å². The van der Waals surface area contributed by atoms with E-state index in [4.69, 9.17) is 4.74 Å². The minimum Gasteiger partial charge on any atom is -0.444 e. The number of amides is 2. The monoisotopic (exact) mass is 364 g/mol. The molecule has 146 valence electrons. The van der Waals surface area contributed by atoms with Crippen LogP contribution in [-0.4, -0.2) is 37.2 Å². The normalized spacial score (nSPS) is 11.3. The molecule has 0 unspecified atom stereocenters. The molecular formula is C20H34N3O3+. The molecule has 1 rings (SSSR count). The van der Waals surface area contributed by atoms with Gasteiger partial charge in [-0.15, -0.1) is 0 Å². The van der Waals surface area contributed by atoms with Gasteiger partial charge in [0.15, 0.2) is 0 Å². The number of ether oxygens (including phenoxy) is 1. The van der Waals surface area contributed by atoms with Gasteiger partial charge in [0.05, 0.1) is 13.1 Å². The molecule has 1 aromatic rings. The van der Waals surface area contributed by atoms with Crippen LogP contribution >= 0.6 is 0 Å². The van der Waals surface area contributed by atoms with Crippen LogP contribution in [0.5, 0.6) is 0 Å². The van der Waals surface area contributed by atoms with Gasteiger partial charge >= 0.3 is 6.09 Å². The highest BCUT2D eigenvalue weighted by molar-refractivity contribution is 5.77. The summed E-state index contributed by atoms with van der Waals surface area (Å²) in [7, 11) is 0. The van der Waals surface area contributed by atoms with Gasteiger partial charge in [0.25, 0.3) is 0 Å². The van der Waals surface area contributed by atoms with Crippen LogP contribution < -0.4 is 15.5 Å². The molecule has 0 radical (unpaired) electrons. The molecule has 0 aliphatic heterocycles. The van der Waals surface area contributed by atoms with Gasteiger partial charge in [0.1, 0.15) is 12.1 Å². The predicted molar refractivity (Wildman–Crippen MR) is 103 cm³/mol. The smallest absolute Gasteiger partial charge is 0.407 e. The van der Waals surface area contributed by atoms with Gasteiger partial charge in [-0.2, -0.15) is 0 Å². The molecule has 0 aliphatic rings. The Morgan fingerprint density at radius 1 is 1.00 bits per heavy atom. The molecule has 3 N–H and O–H groups in total. The summed E-state index contributed by atoms with van der Waals surface area (Å²) in [6.07, 6.45) is -0.279. The van der Waals surface area contributed by atoms with Gasteiger partial charge in [-0.3, -0.25) is 4.79 Å². The minimum absolute atomic E-state index is 0.0993. The largest absolute Gasteiger partial charge is 0.444 e. The number of hydrogen-bond acceptors (Lipinski definition) is 3. The zero-order chi connectivity index (χ0) is 19.6. The van der Waals surface area contributed by atoms with E-state index in [0.29, 0.717) is 6.54 Å². The van der Waals surface area contributed by atoms with Gasteiger partial charge in [0, 0.05) is 25.1 Å². The second-order valence-electron chi connectivity index (χ2n) is 7.41. The van der Waals surface area contributed by atoms with Crippen LogP contribution in [-0.2, 0) is 22.6 Å². The molecule has 0 aromatic heterocycles. The number of hydrogen-bond donors (Lipinski definition) is 3. The van der Waals surface area contributed by atoms with Crippen LogP contribution in [0, 0.1) is 0 Å². The molecule has 6 heteroatoms. The minimum atomic E-state index is -0.536. The molecule has 26 heavy (non-hydrogen) atoms. The fourth-order valence-corrected chi connectivity index (χ4v) is 2.44. The van der Waals surface area contributed by atoms with Crippen molar-refractivity contribution < 1.29 is 19.2 Å². The SMILES string of the molecule is CC[NH+](CC)Cc1ccc(CNC(=O)CCNC(=O)OC(C)(C)C)cc1. The number of carbonyl (C=O) groups excluding carboxylic acids is 2. The van der Waals surface area contributed by atoms with Crippen LogP contribution in [0.1, 0.15) is 52.2 Å². The molecule has 0 atom stereocenters. The predicted octanol–water partition coefficient (Wildman–Crippen LogP) is 1.64. The van der Waals surface area contributed by atoms with Crippen molar-refractivity contribution in [3.63, 3.8) is 0 Å². The molecule has 6 nitrogen and oxygen atoms in total. The summed E-state index contributed by atoms with van der Waals surface area (Å²) in [6, 6.07) is 8.35. The van der Waals surface area contributed by atoms with Crippen molar-refractivity contribution in [1.29, 1.82) is 0 Å². The van der Waals surface area contributed by atoms with E-state index in [0.717, 1.165) is 25.2 Å². The molecule has 0 aliphatic carbocycles. The number of alkyl carbamates (subject to hydrolysis) is 1. The first-order chi connectivity index (χ1) is 12.2. The Labute approximate surface area is 157 Å².